The Morgan fingerprint density at radius 2 is 2.03 bits per heavy atom. The van der Waals surface area contributed by atoms with Gasteiger partial charge in [-0.25, -0.2) is 0 Å². The van der Waals surface area contributed by atoms with Crippen LogP contribution >= 0.6 is 11.6 Å². The summed E-state index contributed by atoms with van der Waals surface area (Å²) >= 11 is 5.81. The molecule has 1 aliphatic heterocycles. The van der Waals surface area contributed by atoms with E-state index in [2.05, 4.69) is 27.0 Å². The van der Waals surface area contributed by atoms with Crippen LogP contribution < -0.4 is 16.0 Å². The normalized spacial score (nSPS) is 22.3. The van der Waals surface area contributed by atoms with E-state index >= 15 is 0 Å². The molecule has 1 saturated heterocycles. The van der Waals surface area contributed by atoms with E-state index in [0.717, 1.165) is 12.8 Å². The van der Waals surface area contributed by atoms with Crippen molar-refractivity contribution in [1.29, 1.82) is 5.26 Å². The van der Waals surface area contributed by atoms with Crippen LogP contribution in [0, 0.1) is 23.2 Å². The van der Waals surface area contributed by atoms with E-state index in [-0.39, 0.29) is 29.5 Å². The molecule has 0 aromatic carbocycles. The smallest absolute Gasteiger partial charge is 0.268 e. The lowest BCUT2D eigenvalue weighted by atomic mass is 9.92. The molecule has 8 nitrogen and oxygen atoms in total. The van der Waals surface area contributed by atoms with Gasteiger partial charge in [0, 0.05) is 11.5 Å². The lowest BCUT2D eigenvalue weighted by Crippen LogP contribution is -2.50. The third kappa shape index (κ3) is 5.73. The van der Waals surface area contributed by atoms with E-state index in [1.54, 1.807) is 12.1 Å². The van der Waals surface area contributed by atoms with Crippen molar-refractivity contribution in [1.82, 2.24) is 20.9 Å². The summed E-state index contributed by atoms with van der Waals surface area (Å²) in [5, 5.41) is 18.2. The number of amides is 3. The molecule has 0 bridgehead atoms. The topological polar surface area (TPSA) is 127 Å². The Morgan fingerprint density at radius 3 is 2.55 bits per heavy atom. The maximum Gasteiger partial charge on any atom is 0.268 e. The first-order valence-corrected chi connectivity index (χ1v) is 10.2. The fourth-order valence-electron chi connectivity index (χ4n) is 3.74. The highest BCUT2D eigenvalue weighted by Crippen LogP contribution is 2.34. The molecule has 1 aromatic rings. The first kappa shape index (κ1) is 21.2. The number of nitriles is 1. The van der Waals surface area contributed by atoms with Crippen molar-refractivity contribution in [2.45, 2.75) is 63.6 Å². The van der Waals surface area contributed by atoms with E-state index in [0.29, 0.717) is 23.9 Å². The molecule has 3 atom stereocenters. The highest BCUT2D eigenvalue weighted by molar-refractivity contribution is 6.29. The van der Waals surface area contributed by atoms with Gasteiger partial charge in [-0.05, 0) is 51.2 Å². The first-order valence-electron chi connectivity index (χ1n) is 9.84. The third-order valence-electron chi connectivity index (χ3n) is 5.36. The number of aromatic amines is 1. The molecule has 156 valence electrons. The molecule has 3 rings (SSSR count). The van der Waals surface area contributed by atoms with Crippen LogP contribution in [-0.4, -0.2) is 40.3 Å². The maximum absolute atomic E-state index is 12.8. The summed E-state index contributed by atoms with van der Waals surface area (Å²) in [6, 6.07) is 3.63. The fourth-order valence-corrected chi connectivity index (χ4v) is 3.91. The molecule has 1 aromatic heterocycles. The van der Waals surface area contributed by atoms with E-state index in [1.807, 2.05) is 13.8 Å². The number of carbonyl (C=O) groups excluding carboxylic acids is 3. The molecular formula is C20H26ClN5O3. The second kappa shape index (κ2) is 8.46. The standard InChI is InChI=1S/C20H26ClN5O3/c1-20(2)9-12(17(27)26-20)8-13(10-22)23-19(29)15(7-11-3-4-11)25-18(28)14-5-6-16(21)24-14/h5-6,11-13,15,24H,3-4,7-9H2,1-2H3,(H,23,29)(H,25,28)(H,26,27)/t12-,13+,15+/m1/s1. The van der Waals surface area contributed by atoms with Gasteiger partial charge in [0.2, 0.25) is 11.8 Å². The van der Waals surface area contributed by atoms with E-state index < -0.39 is 23.9 Å². The SMILES string of the molecule is CC1(C)C[C@@H](C[C@@H](C#N)NC(=O)[C@H](CC2CC2)NC(=O)c2ccc(Cl)[nH]2)C(=O)N1. The largest absolute Gasteiger partial charge is 0.351 e. The van der Waals surface area contributed by atoms with Gasteiger partial charge >= 0.3 is 0 Å². The molecule has 0 radical (unpaired) electrons. The number of aromatic nitrogens is 1. The van der Waals surface area contributed by atoms with Crippen LogP contribution in [0.4, 0.5) is 0 Å². The minimum absolute atomic E-state index is 0.101. The number of carbonyl (C=O) groups is 3. The zero-order valence-corrected chi connectivity index (χ0v) is 17.3. The molecule has 2 aliphatic rings. The molecule has 2 fully saturated rings. The predicted molar refractivity (Wildman–Crippen MR) is 107 cm³/mol. The highest BCUT2D eigenvalue weighted by atomic mass is 35.5. The minimum atomic E-state index is -0.800. The Balaban J connectivity index is 1.61. The lowest BCUT2D eigenvalue weighted by molar-refractivity contribution is -0.125. The summed E-state index contributed by atoms with van der Waals surface area (Å²) < 4.78 is 0. The van der Waals surface area contributed by atoms with Crippen molar-refractivity contribution in [2.24, 2.45) is 11.8 Å². The molecule has 0 spiro atoms. The molecule has 1 aliphatic carbocycles. The molecular weight excluding hydrogens is 394 g/mol. The first-order chi connectivity index (χ1) is 13.7. The van der Waals surface area contributed by atoms with E-state index in [9.17, 15) is 19.6 Å². The zero-order valence-electron chi connectivity index (χ0n) is 16.5. The maximum atomic E-state index is 12.8. The van der Waals surface area contributed by atoms with Gasteiger partial charge in [-0.3, -0.25) is 14.4 Å². The van der Waals surface area contributed by atoms with Crippen molar-refractivity contribution in [3.8, 4) is 6.07 Å². The summed E-state index contributed by atoms with van der Waals surface area (Å²) in [6.07, 6.45) is 3.41. The summed E-state index contributed by atoms with van der Waals surface area (Å²) in [5.41, 5.74) is -0.0451. The van der Waals surface area contributed by atoms with Crippen LogP contribution in [0.1, 0.15) is 56.4 Å². The van der Waals surface area contributed by atoms with E-state index in [4.69, 9.17) is 11.6 Å². The van der Waals surface area contributed by atoms with Crippen LogP contribution in [0.25, 0.3) is 0 Å². The zero-order chi connectivity index (χ0) is 21.2. The van der Waals surface area contributed by atoms with Crippen LogP contribution in [0.2, 0.25) is 5.15 Å². The van der Waals surface area contributed by atoms with Gasteiger partial charge in [0.05, 0.1) is 6.07 Å². The Morgan fingerprint density at radius 1 is 1.31 bits per heavy atom. The van der Waals surface area contributed by atoms with Crippen molar-refractivity contribution in [3.05, 3.63) is 23.0 Å². The molecule has 0 unspecified atom stereocenters. The van der Waals surface area contributed by atoms with Gasteiger partial charge < -0.3 is 20.9 Å². The number of H-pyrrole nitrogens is 1. The number of rotatable bonds is 8. The molecule has 9 heteroatoms. The average molecular weight is 420 g/mol. The Hall–Kier alpha value is -2.53. The monoisotopic (exact) mass is 419 g/mol. The fraction of sp³-hybridized carbons (Fsp3) is 0.600. The minimum Gasteiger partial charge on any atom is -0.351 e. The van der Waals surface area contributed by atoms with E-state index in [1.165, 1.54) is 0 Å². The number of nitrogens with zero attached hydrogens (tertiary/aromatic N) is 1. The highest BCUT2D eigenvalue weighted by Gasteiger charge is 2.39. The van der Waals surface area contributed by atoms with Gasteiger partial charge in [-0.15, -0.1) is 0 Å². The molecule has 4 N–H and O–H groups in total. The van der Waals surface area contributed by atoms with Crippen molar-refractivity contribution in [3.63, 3.8) is 0 Å². The molecule has 2 heterocycles. The molecule has 1 saturated carbocycles. The Kier molecular flexibility index (Phi) is 6.18. The second-order valence-electron chi connectivity index (χ2n) is 8.63. The Bertz CT molecular complexity index is 839. The second-order valence-corrected chi connectivity index (χ2v) is 9.03. The van der Waals surface area contributed by atoms with Crippen molar-refractivity contribution >= 4 is 29.3 Å². The Labute approximate surface area is 174 Å². The summed E-state index contributed by atoms with van der Waals surface area (Å²) in [7, 11) is 0. The van der Waals surface area contributed by atoms with Gasteiger partial charge in [0.1, 0.15) is 22.9 Å². The van der Waals surface area contributed by atoms with Gasteiger partial charge in [0.15, 0.2) is 0 Å². The number of hydrogen-bond acceptors (Lipinski definition) is 4. The van der Waals surface area contributed by atoms with Crippen LogP contribution in [0.15, 0.2) is 12.1 Å². The van der Waals surface area contributed by atoms with Gasteiger partial charge in [-0.2, -0.15) is 5.26 Å². The van der Waals surface area contributed by atoms with Crippen LogP contribution in [0.3, 0.4) is 0 Å². The lowest BCUT2D eigenvalue weighted by Gasteiger charge is -2.21. The van der Waals surface area contributed by atoms with Gasteiger partial charge in [-0.1, -0.05) is 24.4 Å². The number of nitrogens with one attached hydrogen (secondary N) is 4. The third-order valence-corrected chi connectivity index (χ3v) is 5.58. The quantitative estimate of drug-likeness (QED) is 0.513. The molecule has 29 heavy (non-hydrogen) atoms. The van der Waals surface area contributed by atoms with Crippen molar-refractivity contribution < 1.29 is 14.4 Å². The number of halogens is 1. The summed E-state index contributed by atoms with van der Waals surface area (Å²) in [6.45, 7) is 3.86. The van der Waals surface area contributed by atoms with Crippen LogP contribution in [0.5, 0.6) is 0 Å². The predicted octanol–water partition coefficient (Wildman–Crippen LogP) is 1.88. The molecule has 3 amide bonds. The van der Waals surface area contributed by atoms with Crippen LogP contribution in [-0.2, 0) is 9.59 Å². The van der Waals surface area contributed by atoms with Gasteiger partial charge in [0.25, 0.3) is 5.91 Å². The van der Waals surface area contributed by atoms with Crippen molar-refractivity contribution in [2.75, 3.05) is 0 Å². The number of hydrogen-bond donors (Lipinski definition) is 4. The summed E-state index contributed by atoms with van der Waals surface area (Å²) in [4.78, 5) is 40.1. The summed E-state index contributed by atoms with van der Waals surface area (Å²) in [5.74, 6) is -0.876. The average Bonchev–Trinajstić information content (AvgIpc) is 3.28.